The molecule has 2 aromatic carbocycles. The molecule has 1 heterocycles. The third-order valence-corrected chi connectivity index (χ3v) is 4.87. The van der Waals surface area contributed by atoms with Crippen LogP contribution in [0.15, 0.2) is 53.9 Å². The number of halogens is 1. The van der Waals surface area contributed by atoms with Gasteiger partial charge in [-0.2, -0.15) is 0 Å². The van der Waals surface area contributed by atoms with Crippen LogP contribution < -0.4 is 5.32 Å². The second-order valence-electron chi connectivity index (χ2n) is 4.69. The summed E-state index contributed by atoms with van der Waals surface area (Å²) < 4.78 is 0. The zero-order chi connectivity index (χ0) is 13.9. The maximum Gasteiger partial charge on any atom is 0.0692 e. The van der Waals surface area contributed by atoms with Crippen LogP contribution >= 0.6 is 22.9 Å². The van der Waals surface area contributed by atoms with Gasteiger partial charge in [-0.15, -0.1) is 11.3 Å². The first kappa shape index (κ1) is 13.6. The summed E-state index contributed by atoms with van der Waals surface area (Å²) in [6.45, 7) is 3.03. The van der Waals surface area contributed by atoms with E-state index >= 15 is 0 Å². The summed E-state index contributed by atoms with van der Waals surface area (Å²) in [7, 11) is 0. The van der Waals surface area contributed by atoms with Crippen molar-refractivity contribution >= 4 is 33.7 Å². The fourth-order valence-corrected chi connectivity index (χ4v) is 3.82. The van der Waals surface area contributed by atoms with Crippen molar-refractivity contribution in [1.82, 2.24) is 5.32 Å². The molecular formula is C17H16ClNS. The number of fused-ring (bicyclic) bond motifs is 1. The van der Waals surface area contributed by atoms with Gasteiger partial charge < -0.3 is 5.32 Å². The molecule has 3 aromatic rings. The Morgan fingerprint density at radius 1 is 1.10 bits per heavy atom. The SMILES string of the molecule is CCNC(c1sccc1Cl)c1cccc2ccccc12. The van der Waals surface area contributed by atoms with Gasteiger partial charge in [-0.25, -0.2) is 0 Å². The Bertz CT molecular complexity index is 714. The third-order valence-electron chi connectivity index (χ3n) is 3.45. The van der Waals surface area contributed by atoms with Gasteiger partial charge in [0.2, 0.25) is 0 Å². The van der Waals surface area contributed by atoms with Crippen LogP contribution in [0.2, 0.25) is 5.02 Å². The van der Waals surface area contributed by atoms with E-state index in [1.165, 1.54) is 21.2 Å². The Labute approximate surface area is 128 Å². The topological polar surface area (TPSA) is 12.0 Å². The highest BCUT2D eigenvalue weighted by molar-refractivity contribution is 7.10. The van der Waals surface area contributed by atoms with E-state index in [1.54, 1.807) is 11.3 Å². The smallest absolute Gasteiger partial charge is 0.0692 e. The lowest BCUT2D eigenvalue weighted by Gasteiger charge is -2.19. The Kier molecular flexibility index (Phi) is 4.06. The van der Waals surface area contributed by atoms with Crippen molar-refractivity contribution in [3.05, 3.63) is 69.4 Å². The van der Waals surface area contributed by atoms with Crippen LogP contribution in [0.5, 0.6) is 0 Å². The molecule has 0 radical (unpaired) electrons. The standard InChI is InChI=1S/C17H16ClNS/c1-2-19-16(17-15(18)10-11-20-17)14-9-5-7-12-6-3-4-8-13(12)14/h3-11,16,19H,2H2,1H3. The van der Waals surface area contributed by atoms with E-state index in [1.807, 2.05) is 11.4 Å². The van der Waals surface area contributed by atoms with Gasteiger partial charge in [-0.1, -0.05) is 61.0 Å². The largest absolute Gasteiger partial charge is 0.306 e. The highest BCUT2D eigenvalue weighted by Crippen LogP contribution is 2.35. The van der Waals surface area contributed by atoms with E-state index < -0.39 is 0 Å². The zero-order valence-electron chi connectivity index (χ0n) is 11.3. The molecule has 0 saturated heterocycles. The average Bonchev–Trinajstić information content (AvgIpc) is 2.90. The van der Waals surface area contributed by atoms with Crippen molar-refractivity contribution in [2.24, 2.45) is 0 Å². The minimum Gasteiger partial charge on any atom is -0.306 e. The van der Waals surface area contributed by atoms with Crippen LogP contribution in [0.25, 0.3) is 10.8 Å². The van der Waals surface area contributed by atoms with Gasteiger partial charge in [0.25, 0.3) is 0 Å². The molecule has 0 fully saturated rings. The Morgan fingerprint density at radius 2 is 1.90 bits per heavy atom. The monoisotopic (exact) mass is 301 g/mol. The van der Waals surface area contributed by atoms with E-state index in [4.69, 9.17) is 11.6 Å². The van der Waals surface area contributed by atoms with Crippen molar-refractivity contribution in [2.75, 3.05) is 6.54 Å². The number of benzene rings is 2. The average molecular weight is 302 g/mol. The molecule has 3 rings (SSSR count). The van der Waals surface area contributed by atoms with Crippen molar-refractivity contribution in [2.45, 2.75) is 13.0 Å². The molecule has 1 atom stereocenters. The predicted octanol–water partition coefficient (Wildman–Crippen LogP) is 5.25. The third kappa shape index (κ3) is 2.47. The summed E-state index contributed by atoms with van der Waals surface area (Å²) >= 11 is 8.05. The van der Waals surface area contributed by atoms with Crippen LogP contribution in [-0.2, 0) is 0 Å². The minimum absolute atomic E-state index is 0.151. The normalized spacial score (nSPS) is 12.7. The molecule has 1 nitrogen and oxygen atoms in total. The molecule has 0 spiro atoms. The summed E-state index contributed by atoms with van der Waals surface area (Å²) in [5.41, 5.74) is 1.29. The summed E-state index contributed by atoms with van der Waals surface area (Å²) in [5.74, 6) is 0. The first-order valence-corrected chi connectivity index (χ1v) is 8.01. The quantitative estimate of drug-likeness (QED) is 0.693. The van der Waals surface area contributed by atoms with E-state index in [2.05, 4.69) is 54.7 Å². The first-order chi connectivity index (χ1) is 9.81. The second kappa shape index (κ2) is 5.96. The molecule has 0 aliphatic rings. The molecule has 1 unspecified atom stereocenters. The number of thiophene rings is 1. The lowest BCUT2D eigenvalue weighted by Crippen LogP contribution is -2.21. The summed E-state index contributed by atoms with van der Waals surface area (Å²) in [4.78, 5) is 1.19. The van der Waals surface area contributed by atoms with Crippen LogP contribution in [0, 0.1) is 0 Å². The van der Waals surface area contributed by atoms with E-state index in [0.717, 1.165) is 11.6 Å². The Morgan fingerprint density at radius 3 is 2.65 bits per heavy atom. The summed E-state index contributed by atoms with van der Waals surface area (Å²) in [5, 5.41) is 9.00. The molecule has 0 saturated carbocycles. The van der Waals surface area contributed by atoms with Crippen LogP contribution in [-0.4, -0.2) is 6.54 Å². The maximum absolute atomic E-state index is 6.34. The van der Waals surface area contributed by atoms with Crippen LogP contribution in [0.4, 0.5) is 0 Å². The van der Waals surface area contributed by atoms with Gasteiger partial charge in [0.15, 0.2) is 0 Å². The predicted molar refractivity (Wildman–Crippen MR) is 88.8 cm³/mol. The molecule has 0 amide bonds. The lowest BCUT2D eigenvalue weighted by molar-refractivity contribution is 0.643. The Balaban J connectivity index is 2.17. The Hall–Kier alpha value is -1.35. The fraction of sp³-hybridized carbons (Fsp3) is 0.176. The molecule has 0 aliphatic heterocycles. The fourth-order valence-electron chi connectivity index (χ4n) is 2.56. The van der Waals surface area contributed by atoms with Crippen LogP contribution in [0.1, 0.15) is 23.4 Å². The summed E-state index contributed by atoms with van der Waals surface area (Å²) in [6, 6.07) is 17.1. The molecular weight excluding hydrogens is 286 g/mol. The number of hydrogen-bond acceptors (Lipinski definition) is 2. The number of nitrogens with one attached hydrogen (secondary N) is 1. The van der Waals surface area contributed by atoms with Crippen LogP contribution in [0.3, 0.4) is 0 Å². The van der Waals surface area contributed by atoms with Gasteiger partial charge in [-0.05, 0) is 34.3 Å². The molecule has 0 bridgehead atoms. The lowest BCUT2D eigenvalue weighted by atomic mass is 9.97. The number of hydrogen-bond donors (Lipinski definition) is 1. The van der Waals surface area contributed by atoms with E-state index in [9.17, 15) is 0 Å². The zero-order valence-corrected chi connectivity index (χ0v) is 12.8. The van der Waals surface area contributed by atoms with Gasteiger partial charge in [-0.3, -0.25) is 0 Å². The summed E-state index contributed by atoms with van der Waals surface area (Å²) in [6.07, 6.45) is 0. The molecule has 102 valence electrons. The maximum atomic E-state index is 6.34. The molecule has 20 heavy (non-hydrogen) atoms. The highest BCUT2D eigenvalue weighted by Gasteiger charge is 2.19. The van der Waals surface area contributed by atoms with Crippen molar-refractivity contribution in [1.29, 1.82) is 0 Å². The van der Waals surface area contributed by atoms with Gasteiger partial charge in [0.05, 0.1) is 11.1 Å². The van der Waals surface area contributed by atoms with Crippen molar-refractivity contribution in [3.63, 3.8) is 0 Å². The van der Waals surface area contributed by atoms with Gasteiger partial charge in [0.1, 0.15) is 0 Å². The molecule has 1 N–H and O–H groups in total. The first-order valence-electron chi connectivity index (χ1n) is 6.75. The minimum atomic E-state index is 0.151. The second-order valence-corrected chi connectivity index (χ2v) is 6.05. The van der Waals surface area contributed by atoms with Crippen molar-refractivity contribution in [3.8, 4) is 0 Å². The van der Waals surface area contributed by atoms with Gasteiger partial charge in [0, 0.05) is 4.88 Å². The van der Waals surface area contributed by atoms with Crippen molar-refractivity contribution < 1.29 is 0 Å². The van der Waals surface area contributed by atoms with E-state index in [0.29, 0.717) is 0 Å². The number of rotatable bonds is 4. The molecule has 1 aromatic heterocycles. The highest BCUT2D eigenvalue weighted by atomic mass is 35.5. The van der Waals surface area contributed by atoms with E-state index in [-0.39, 0.29) is 6.04 Å². The van der Waals surface area contributed by atoms with Gasteiger partial charge >= 0.3 is 0 Å². The molecule has 3 heteroatoms. The molecule has 0 aliphatic carbocycles.